The molecular formula is C12H17N3O3. The van der Waals surface area contributed by atoms with Crippen LogP contribution in [0.1, 0.15) is 31.7 Å². The summed E-state index contributed by atoms with van der Waals surface area (Å²) in [6.45, 7) is 6.33. The van der Waals surface area contributed by atoms with Crippen LogP contribution < -0.4 is 4.90 Å². The van der Waals surface area contributed by atoms with Crippen molar-refractivity contribution in [3.63, 3.8) is 0 Å². The average Bonchev–Trinajstić information content (AvgIpc) is 2.82. The summed E-state index contributed by atoms with van der Waals surface area (Å²) in [7, 11) is 0. The largest absolute Gasteiger partial charge is 0.359 e. The first-order valence-electron chi connectivity index (χ1n) is 6.17. The van der Waals surface area contributed by atoms with Gasteiger partial charge in [0.2, 0.25) is 0 Å². The van der Waals surface area contributed by atoms with Crippen molar-refractivity contribution in [1.29, 1.82) is 0 Å². The van der Waals surface area contributed by atoms with Crippen molar-refractivity contribution in [3.05, 3.63) is 11.5 Å². The van der Waals surface area contributed by atoms with E-state index in [1.165, 1.54) is 4.90 Å². The molecule has 1 saturated heterocycles. The van der Waals surface area contributed by atoms with Crippen molar-refractivity contribution in [2.45, 2.75) is 33.6 Å². The number of amides is 3. The van der Waals surface area contributed by atoms with Crippen LogP contribution in [-0.2, 0) is 11.2 Å². The van der Waals surface area contributed by atoms with Crippen molar-refractivity contribution in [1.82, 2.24) is 10.1 Å². The highest BCUT2D eigenvalue weighted by Gasteiger charge is 2.39. The summed E-state index contributed by atoms with van der Waals surface area (Å²) in [6.07, 6.45) is 1.45. The van der Waals surface area contributed by atoms with E-state index in [0.29, 0.717) is 30.1 Å². The molecule has 1 aromatic rings. The fourth-order valence-corrected chi connectivity index (χ4v) is 2.15. The molecule has 98 valence electrons. The molecule has 2 rings (SSSR count). The quantitative estimate of drug-likeness (QED) is 0.764. The molecule has 0 atom stereocenters. The minimum Gasteiger partial charge on any atom is -0.359 e. The molecule has 0 spiro atoms. The highest BCUT2D eigenvalue weighted by molar-refractivity contribution is 6.20. The standard InChI is InChI=1S/C12H17N3O3/c1-4-6-14-7-10(16)15(12(14)17)11-8(3)18-13-9(11)5-2/h4-7H2,1-3H3. The first kappa shape index (κ1) is 12.6. The lowest BCUT2D eigenvalue weighted by Gasteiger charge is -2.16. The molecule has 1 aliphatic heterocycles. The Balaban J connectivity index is 2.35. The molecule has 6 heteroatoms. The van der Waals surface area contributed by atoms with Crippen LogP contribution in [0.2, 0.25) is 0 Å². The molecule has 0 radical (unpaired) electrons. The Morgan fingerprint density at radius 1 is 1.33 bits per heavy atom. The van der Waals surface area contributed by atoms with Gasteiger partial charge in [-0.05, 0) is 19.8 Å². The van der Waals surface area contributed by atoms with Crippen LogP contribution in [0.25, 0.3) is 0 Å². The maximum atomic E-state index is 12.2. The fourth-order valence-electron chi connectivity index (χ4n) is 2.15. The first-order valence-corrected chi connectivity index (χ1v) is 6.17. The Bertz CT molecular complexity index is 481. The fraction of sp³-hybridized carbons (Fsp3) is 0.583. The summed E-state index contributed by atoms with van der Waals surface area (Å²) in [5.74, 6) is 0.293. The van der Waals surface area contributed by atoms with Gasteiger partial charge in [0.15, 0.2) is 5.76 Å². The number of aryl methyl sites for hydroxylation is 2. The third kappa shape index (κ3) is 1.87. The third-order valence-corrected chi connectivity index (χ3v) is 2.99. The first-order chi connectivity index (χ1) is 8.60. The van der Waals surface area contributed by atoms with Crippen LogP contribution in [0, 0.1) is 6.92 Å². The maximum Gasteiger partial charge on any atom is 0.332 e. The molecule has 1 aromatic heterocycles. The number of imide groups is 1. The lowest BCUT2D eigenvalue weighted by atomic mass is 10.2. The zero-order valence-corrected chi connectivity index (χ0v) is 10.9. The van der Waals surface area contributed by atoms with Gasteiger partial charge in [0.05, 0.1) is 0 Å². The number of anilines is 1. The van der Waals surface area contributed by atoms with Gasteiger partial charge in [0, 0.05) is 6.54 Å². The summed E-state index contributed by atoms with van der Waals surface area (Å²) in [5, 5.41) is 3.88. The van der Waals surface area contributed by atoms with Gasteiger partial charge in [0.1, 0.15) is 17.9 Å². The molecule has 0 aromatic carbocycles. The number of aromatic nitrogens is 1. The second kappa shape index (κ2) is 4.80. The van der Waals surface area contributed by atoms with Crippen molar-refractivity contribution >= 4 is 17.6 Å². The van der Waals surface area contributed by atoms with Gasteiger partial charge in [-0.2, -0.15) is 0 Å². The van der Waals surface area contributed by atoms with E-state index in [9.17, 15) is 9.59 Å². The van der Waals surface area contributed by atoms with Crippen LogP contribution in [0.4, 0.5) is 10.5 Å². The van der Waals surface area contributed by atoms with Gasteiger partial charge >= 0.3 is 6.03 Å². The van der Waals surface area contributed by atoms with Crippen LogP contribution in [0.15, 0.2) is 4.52 Å². The Kier molecular flexibility index (Phi) is 3.36. The molecule has 1 fully saturated rings. The van der Waals surface area contributed by atoms with Gasteiger partial charge in [-0.15, -0.1) is 0 Å². The molecule has 0 saturated carbocycles. The number of urea groups is 1. The summed E-state index contributed by atoms with van der Waals surface area (Å²) in [5.41, 5.74) is 1.17. The van der Waals surface area contributed by atoms with Gasteiger partial charge in [-0.25, -0.2) is 9.69 Å². The summed E-state index contributed by atoms with van der Waals surface area (Å²) < 4.78 is 5.08. The number of carbonyl (C=O) groups excluding carboxylic acids is 2. The monoisotopic (exact) mass is 251 g/mol. The van der Waals surface area contributed by atoms with E-state index in [-0.39, 0.29) is 18.5 Å². The van der Waals surface area contributed by atoms with Crippen LogP contribution in [0.5, 0.6) is 0 Å². The molecule has 2 heterocycles. The summed E-state index contributed by atoms with van der Waals surface area (Å²) in [6, 6.07) is -0.275. The lowest BCUT2D eigenvalue weighted by molar-refractivity contribution is -0.116. The van der Waals surface area contributed by atoms with Crippen molar-refractivity contribution in [2.24, 2.45) is 0 Å². The van der Waals surface area contributed by atoms with E-state index < -0.39 is 0 Å². The van der Waals surface area contributed by atoms with Crippen LogP contribution in [-0.4, -0.2) is 35.1 Å². The van der Waals surface area contributed by atoms with E-state index in [1.54, 1.807) is 11.8 Å². The minimum absolute atomic E-state index is 0.139. The van der Waals surface area contributed by atoms with Gasteiger partial charge in [-0.3, -0.25) is 4.79 Å². The number of hydrogen-bond donors (Lipinski definition) is 0. The SMILES string of the molecule is CCCN1CC(=O)N(c2c(CC)noc2C)C1=O. The second-order valence-electron chi connectivity index (χ2n) is 4.32. The van der Waals surface area contributed by atoms with E-state index in [4.69, 9.17) is 4.52 Å². The second-order valence-corrected chi connectivity index (χ2v) is 4.32. The molecule has 3 amide bonds. The third-order valence-electron chi connectivity index (χ3n) is 2.99. The molecule has 0 bridgehead atoms. The average molecular weight is 251 g/mol. The number of rotatable bonds is 4. The molecular weight excluding hydrogens is 234 g/mol. The maximum absolute atomic E-state index is 12.2. The molecule has 0 N–H and O–H groups in total. The van der Waals surface area contributed by atoms with E-state index >= 15 is 0 Å². The minimum atomic E-state index is -0.275. The smallest absolute Gasteiger partial charge is 0.332 e. The Morgan fingerprint density at radius 2 is 2.06 bits per heavy atom. The van der Waals surface area contributed by atoms with Gasteiger partial charge in [0.25, 0.3) is 5.91 Å². The van der Waals surface area contributed by atoms with Gasteiger partial charge in [-0.1, -0.05) is 19.0 Å². The zero-order chi connectivity index (χ0) is 13.3. The zero-order valence-electron chi connectivity index (χ0n) is 10.9. The molecule has 0 unspecified atom stereocenters. The molecule has 18 heavy (non-hydrogen) atoms. The lowest BCUT2D eigenvalue weighted by Crippen LogP contribution is -2.34. The van der Waals surface area contributed by atoms with E-state index in [1.807, 2.05) is 13.8 Å². The molecule has 0 aliphatic carbocycles. The molecule has 6 nitrogen and oxygen atoms in total. The van der Waals surface area contributed by atoms with Crippen LogP contribution >= 0.6 is 0 Å². The topological polar surface area (TPSA) is 66.7 Å². The number of hydrogen-bond acceptors (Lipinski definition) is 4. The normalized spacial score (nSPS) is 15.9. The van der Waals surface area contributed by atoms with Crippen LogP contribution in [0.3, 0.4) is 0 Å². The Morgan fingerprint density at radius 3 is 2.67 bits per heavy atom. The highest BCUT2D eigenvalue weighted by atomic mass is 16.5. The van der Waals surface area contributed by atoms with Crippen molar-refractivity contribution < 1.29 is 14.1 Å². The predicted octanol–water partition coefficient (Wildman–Crippen LogP) is 1.72. The van der Waals surface area contributed by atoms with Crippen molar-refractivity contribution in [2.75, 3.05) is 18.0 Å². The predicted molar refractivity (Wildman–Crippen MR) is 65.4 cm³/mol. The number of nitrogens with zero attached hydrogens (tertiary/aromatic N) is 3. The Hall–Kier alpha value is -1.85. The number of carbonyl (C=O) groups is 2. The van der Waals surface area contributed by atoms with E-state index in [0.717, 1.165) is 6.42 Å². The molecule has 1 aliphatic rings. The van der Waals surface area contributed by atoms with E-state index in [2.05, 4.69) is 5.16 Å². The summed E-state index contributed by atoms with van der Waals surface area (Å²) in [4.78, 5) is 26.9. The highest BCUT2D eigenvalue weighted by Crippen LogP contribution is 2.29. The Labute approximate surface area is 106 Å². The van der Waals surface area contributed by atoms with Crippen molar-refractivity contribution in [3.8, 4) is 0 Å². The van der Waals surface area contributed by atoms with Gasteiger partial charge < -0.3 is 9.42 Å². The summed E-state index contributed by atoms with van der Waals surface area (Å²) >= 11 is 0.